The summed E-state index contributed by atoms with van der Waals surface area (Å²) in [4.78, 5) is 10.4. The lowest BCUT2D eigenvalue weighted by molar-refractivity contribution is -0.128. The minimum atomic E-state index is -2.47. The molecule has 1 fully saturated rings. The van der Waals surface area contributed by atoms with Crippen LogP contribution in [0.1, 0.15) is 32.1 Å². The molecule has 64 valence electrons. The maximum atomic E-state index is 12.3. The summed E-state index contributed by atoms with van der Waals surface area (Å²) in [6.45, 7) is 0. The van der Waals surface area contributed by atoms with Crippen LogP contribution in [0.3, 0.4) is 0 Å². The van der Waals surface area contributed by atoms with Gasteiger partial charge in [0.15, 0.2) is 0 Å². The summed E-state index contributed by atoms with van der Waals surface area (Å²) < 4.78 is 24.7. The van der Waals surface area contributed by atoms with Crippen LogP contribution in [-0.4, -0.2) is 12.7 Å². The summed E-state index contributed by atoms with van der Waals surface area (Å²) in [6, 6.07) is 0. The van der Waals surface area contributed by atoms with Crippen molar-refractivity contribution < 1.29 is 13.6 Å². The zero-order chi connectivity index (χ0) is 8.32. The number of rotatable bonds is 2. The van der Waals surface area contributed by atoms with Crippen LogP contribution in [0.15, 0.2) is 0 Å². The lowest BCUT2D eigenvalue weighted by Crippen LogP contribution is -2.33. The average molecular weight is 162 g/mol. The van der Waals surface area contributed by atoms with Gasteiger partial charge in [0.2, 0.25) is 0 Å². The molecule has 0 unspecified atom stereocenters. The van der Waals surface area contributed by atoms with E-state index in [-0.39, 0.29) is 0 Å². The molecule has 0 radical (unpaired) electrons. The van der Waals surface area contributed by atoms with E-state index in [1.165, 1.54) is 0 Å². The fourth-order valence-corrected chi connectivity index (χ4v) is 1.60. The Balaban J connectivity index is 2.64. The second-order valence-electron chi connectivity index (χ2n) is 3.21. The molecule has 0 aromatic carbocycles. The SMILES string of the molecule is O=CC1(C(F)F)CCCCC1. The third-order valence-electron chi connectivity index (χ3n) is 2.45. The Hall–Kier alpha value is -0.470. The predicted molar refractivity (Wildman–Crippen MR) is 37.6 cm³/mol. The lowest BCUT2D eigenvalue weighted by atomic mass is 9.75. The minimum Gasteiger partial charge on any atom is -0.303 e. The Morgan fingerprint density at radius 2 is 1.73 bits per heavy atom. The second-order valence-corrected chi connectivity index (χ2v) is 3.21. The Bertz CT molecular complexity index is 139. The molecular weight excluding hydrogens is 150 g/mol. The molecule has 0 aromatic rings. The van der Waals surface area contributed by atoms with Gasteiger partial charge in [0.25, 0.3) is 6.43 Å². The van der Waals surface area contributed by atoms with E-state index in [9.17, 15) is 13.6 Å². The minimum absolute atomic E-state index is 0.369. The van der Waals surface area contributed by atoms with E-state index >= 15 is 0 Å². The van der Waals surface area contributed by atoms with Crippen LogP contribution in [0.5, 0.6) is 0 Å². The zero-order valence-corrected chi connectivity index (χ0v) is 6.35. The van der Waals surface area contributed by atoms with Crippen LogP contribution < -0.4 is 0 Å². The molecule has 1 rings (SSSR count). The highest BCUT2D eigenvalue weighted by atomic mass is 19.3. The number of carbonyl (C=O) groups is 1. The molecule has 1 saturated carbocycles. The highest BCUT2D eigenvalue weighted by molar-refractivity contribution is 5.60. The molecule has 0 atom stereocenters. The third kappa shape index (κ3) is 1.57. The van der Waals surface area contributed by atoms with Crippen molar-refractivity contribution in [2.45, 2.75) is 38.5 Å². The van der Waals surface area contributed by atoms with Gasteiger partial charge in [-0.15, -0.1) is 0 Å². The van der Waals surface area contributed by atoms with E-state index in [4.69, 9.17) is 0 Å². The Morgan fingerprint density at radius 3 is 2.00 bits per heavy atom. The van der Waals surface area contributed by atoms with Crippen molar-refractivity contribution in [1.29, 1.82) is 0 Å². The summed E-state index contributed by atoms with van der Waals surface area (Å²) in [6.07, 6.45) is 1.24. The van der Waals surface area contributed by atoms with E-state index in [1.807, 2.05) is 0 Å². The molecular formula is C8H12F2O. The van der Waals surface area contributed by atoms with Crippen LogP contribution >= 0.6 is 0 Å². The smallest absolute Gasteiger partial charge is 0.250 e. The molecule has 11 heavy (non-hydrogen) atoms. The van der Waals surface area contributed by atoms with Gasteiger partial charge in [-0.05, 0) is 12.8 Å². The Labute approximate surface area is 64.8 Å². The fourth-order valence-electron chi connectivity index (χ4n) is 1.60. The number of halogens is 2. The van der Waals surface area contributed by atoms with Crippen molar-refractivity contribution >= 4 is 6.29 Å². The highest BCUT2D eigenvalue weighted by Crippen LogP contribution is 2.39. The fraction of sp³-hybridized carbons (Fsp3) is 0.875. The van der Waals surface area contributed by atoms with Crippen LogP contribution in [0.25, 0.3) is 0 Å². The number of hydrogen-bond acceptors (Lipinski definition) is 1. The molecule has 3 heteroatoms. The number of alkyl halides is 2. The van der Waals surface area contributed by atoms with Crippen LogP contribution in [-0.2, 0) is 4.79 Å². The second kappa shape index (κ2) is 3.28. The lowest BCUT2D eigenvalue weighted by Gasteiger charge is -2.30. The molecule has 0 N–H and O–H groups in total. The molecule has 1 aliphatic carbocycles. The number of hydrogen-bond donors (Lipinski definition) is 0. The maximum Gasteiger partial charge on any atom is 0.250 e. The standard InChI is InChI=1S/C8H12F2O/c9-7(10)8(6-11)4-2-1-3-5-8/h6-7H,1-5H2. The summed E-state index contributed by atoms with van der Waals surface area (Å²) in [5.41, 5.74) is -1.29. The summed E-state index contributed by atoms with van der Waals surface area (Å²) in [7, 11) is 0. The quantitative estimate of drug-likeness (QED) is 0.570. The number of carbonyl (C=O) groups excluding carboxylic acids is 1. The summed E-state index contributed by atoms with van der Waals surface area (Å²) in [5, 5.41) is 0. The van der Waals surface area contributed by atoms with Crippen LogP contribution in [0.2, 0.25) is 0 Å². The normalized spacial score (nSPS) is 23.5. The van der Waals surface area contributed by atoms with E-state index in [2.05, 4.69) is 0 Å². The monoisotopic (exact) mass is 162 g/mol. The maximum absolute atomic E-state index is 12.3. The first-order valence-electron chi connectivity index (χ1n) is 3.96. The van der Waals surface area contributed by atoms with Gasteiger partial charge in [-0.25, -0.2) is 8.78 Å². The number of aldehydes is 1. The van der Waals surface area contributed by atoms with E-state index in [1.54, 1.807) is 0 Å². The van der Waals surface area contributed by atoms with Gasteiger partial charge < -0.3 is 4.79 Å². The molecule has 1 nitrogen and oxygen atoms in total. The predicted octanol–water partition coefficient (Wildman–Crippen LogP) is 2.40. The van der Waals surface area contributed by atoms with Gasteiger partial charge >= 0.3 is 0 Å². The summed E-state index contributed by atoms with van der Waals surface area (Å²) >= 11 is 0. The summed E-state index contributed by atoms with van der Waals surface area (Å²) in [5.74, 6) is 0. The molecule has 0 amide bonds. The molecule has 0 spiro atoms. The van der Waals surface area contributed by atoms with Gasteiger partial charge in [0, 0.05) is 0 Å². The van der Waals surface area contributed by atoms with Crippen LogP contribution in [0, 0.1) is 5.41 Å². The first-order chi connectivity index (χ1) is 5.21. The third-order valence-corrected chi connectivity index (χ3v) is 2.45. The van der Waals surface area contributed by atoms with Crippen molar-refractivity contribution in [3.8, 4) is 0 Å². The first kappa shape index (κ1) is 8.62. The van der Waals surface area contributed by atoms with Gasteiger partial charge in [0.1, 0.15) is 6.29 Å². The molecule has 0 heterocycles. The zero-order valence-electron chi connectivity index (χ0n) is 6.35. The van der Waals surface area contributed by atoms with Gasteiger partial charge in [-0.1, -0.05) is 19.3 Å². The van der Waals surface area contributed by atoms with Crippen molar-refractivity contribution in [2.75, 3.05) is 0 Å². The van der Waals surface area contributed by atoms with Crippen LogP contribution in [0.4, 0.5) is 8.78 Å². The van der Waals surface area contributed by atoms with Crippen molar-refractivity contribution in [3.63, 3.8) is 0 Å². The molecule has 0 saturated heterocycles. The molecule has 0 aromatic heterocycles. The van der Waals surface area contributed by atoms with Crippen molar-refractivity contribution in [3.05, 3.63) is 0 Å². The largest absolute Gasteiger partial charge is 0.303 e. The molecule has 0 aliphatic heterocycles. The van der Waals surface area contributed by atoms with E-state index < -0.39 is 11.8 Å². The van der Waals surface area contributed by atoms with E-state index in [0.717, 1.165) is 19.3 Å². The Kier molecular flexibility index (Phi) is 2.58. The van der Waals surface area contributed by atoms with Crippen molar-refractivity contribution in [2.24, 2.45) is 5.41 Å². The molecule has 1 aliphatic rings. The van der Waals surface area contributed by atoms with Gasteiger partial charge in [-0.3, -0.25) is 0 Å². The topological polar surface area (TPSA) is 17.1 Å². The highest BCUT2D eigenvalue weighted by Gasteiger charge is 2.40. The Morgan fingerprint density at radius 1 is 1.18 bits per heavy atom. The van der Waals surface area contributed by atoms with Gasteiger partial charge in [0.05, 0.1) is 5.41 Å². The average Bonchev–Trinajstić information content (AvgIpc) is 2.05. The first-order valence-corrected chi connectivity index (χ1v) is 3.96. The van der Waals surface area contributed by atoms with Gasteiger partial charge in [-0.2, -0.15) is 0 Å². The van der Waals surface area contributed by atoms with Crippen molar-refractivity contribution in [1.82, 2.24) is 0 Å². The molecule has 0 bridgehead atoms. The van der Waals surface area contributed by atoms with E-state index in [0.29, 0.717) is 19.1 Å².